The van der Waals surface area contributed by atoms with Crippen LogP contribution in [0.25, 0.3) is 5.57 Å². The van der Waals surface area contributed by atoms with E-state index < -0.39 is 0 Å². The molecule has 0 unspecified atom stereocenters. The number of rotatable bonds is 2. The van der Waals surface area contributed by atoms with E-state index in [2.05, 4.69) is 10.6 Å². The molecule has 0 radical (unpaired) electrons. The second-order valence-corrected chi connectivity index (χ2v) is 4.80. The Kier molecular flexibility index (Phi) is 3.31. The second kappa shape index (κ2) is 5.27. The minimum Gasteiger partial charge on any atom is -0.327 e. The van der Waals surface area contributed by atoms with Crippen LogP contribution >= 0.6 is 12.2 Å². The first kappa shape index (κ1) is 12.6. The van der Waals surface area contributed by atoms with Crippen molar-refractivity contribution in [2.45, 2.75) is 0 Å². The molecule has 1 aliphatic rings. The van der Waals surface area contributed by atoms with Crippen LogP contribution in [0.4, 0.5) is 0 Å². The Labute approximate surface area is 122 Å². The predicted molar refractivity (Wildman–Crippen MR) is 82.8 cm³/mol. The number of hydrogen-bond acceptors (Lipinski definition) is 2. The number of amides is 1. The molecular weight excluding hydrogens is 268 g/mol. The van der Waals surface area contributed by atoms with E-state index in [1.54, 1.807) is 0 Å². The van der Waals surface area contributed by atoms with Crippen molar-refractivity contribution in [1.29, 1.82) is 0 Å². The first-order valence-electron chi connectivity index (χ1n) is 6.23. The summed E-state index contributed by atoms with van der Waals surface area (Å²) in [5, 5.41) is 5.90. The van der Waals surface area contributed by atoms with E-state index >= 15 is 0 Å². The van der Waals surface area contributed by atoms with Crippen LogP contribution in [0.1, 0.15) is 11.1 Å². The van der Waals surface area contributed by atoms with E-state index in [0.29, 0.717) is 10.8 Å². The van der Waals surface area contributed by atoms with Gasteiger partial charge in [-0.2, -0.15) is 0 Å². The van der Waals surface area contributed by atoms with E-state index in [9.17, 15) is 4.79 Å². The highest BCUT2D eigenvalue weighted by Crippen LogP contribution is 2.27. The fourth-order valence-electron chi connectivity index (χ4n) is 2.21. The van der Waals surface area contributed by atoms with Gasteiger partial charge in [-0.25, -0.2) is 0 Å². The van der Waals surface area contributed by atoms with Crippen LogP contribution in [-0.2, 0) is 4.79 Å². The van der Waals surface area contributed by atoms with Gasteiger partial charge in [0.15, 0.2) is 5.11 Å². The summed E-state index contributed by atoms with van der Waals surface area (Å²) in [5.74, 6) is -0.197. The molecule has 98 valence electrons. The standard InChI is InChI=1S/C16H12N2OS/c19-15-14(17-16(20)18-15)13(11-7-3-1-4-8-11)12-9-5-2-6-10-12/h1-10H,(H2,17,18,19,20). The Hall–Kier alpha value is -2.46. The zero-order valence-electron chi connectivity index (χ0n) is 10.6. The van der Waals surface area contributed by atoms with Gasteiger partial charge in [-0.05, 0) is 23.3 Å². The topological polar surface area (TPSA) is 41.1 Å². The fourth-order valence-corrected chi connectivity index (χ4v) is 2.40. The van der Waals surface area contributed by atoms with Gasteiger partial charge in [0.25, 0.3) is 5.91 Å². The molecular formula is C16H12N2OS. The smallest absolute Gasteiger partial charge is 0.274 e. The molecule has 1 heterocycles. The van der Waals surface area contributed by atoms with Crippen LogP contribution < -0.4 is 10.6 Å². The Morgan fingerprint density at radius 1 is 0.800 bits per heavy atom. The summed E-state index contributed by atoms with van der Waals surface area (Å²) in [6.45, 7) is 0. The quantitative estimate of drug-likeness (QED) is 0.656. The van der Waals surface area contributed by atoms with Crippen LogP contribution in [0.3, 0.4) is 0 Å². The van der Waals surface area contributed by atoms with E-state index in [0.717, 1.165) is 16.7 Å². The van der Waals surface area contributed by atoms with Crippen LogP contribution in [-0.4, -0.2) is 11.0 Å². The summed E-state index contributed by atoms with van der Waals surface area (Å²) >= 11 is 5.02. The monoisotopic (exact) mass is 280 g/mol. The molecule has 1 saturated heterocycles. The first-order valence-corrected chi connectivity index (χ1v) is 6.64. The number of carbonyl (C=O) groups is 1. The van der Waals surface area contributed by atoms with E-state index in [1.165, 1.54) is 0 Å². The Balaban J connectivity index is 2.22. The van der Waals surface area contributed by atoms with Crippen molar-refractivity contribution in [3.63, 3.8) is 0 Å². The highest BCUT2D eigenvalue weighted by molar-refractivity contribution is 7.80. The van der Waals surface area contributed by atoms with Gasteiger partial charge in [0, 0.05) is 5.57 Å². The molecule has 0 atom stereocenters. The molecule has 0 bridgehead atoms. The normalized spacial score (nSPS) is 13.9. The zero-order chi connectivity index (χ0) is 13.9. The molecule has 0 spiro atoms. The molecule has 3 rings (SSSR count). The minimum absolute atomic E-state index is 0.197. The average molecular weight is 280 g/mol. The largest absolute Gasteiger partial charge is 0.327 e. The molecule has 0 saturated carbocycles. The Bertz CT molecular complexity index is 651. The molecule has 3 nitrogen and oxygen atoms in total. The summed E-state index contributed by atoms with van der Waals surface area (Å²) in [6, 6.07) is 19.6. The predicted octanol–water partition coefficient (Wildman–Crippen LogP) is 2.45. The molecule has 20 heavy (non-hydrogen) atoms. The molecule has 0 aliphatic carbocycles. The molecule has 4 heteroatoms. The van der Waals surface area contributed by atoms with Crippen molar-refractivity contribution in [3.8, 4) is 0 Å². The SMILES string of the molecule is O=C1NC(=S)NC1=C(c1ccccc1)c1ccccc1. The highest BCUT2D eigenvalue weighted by atomic mass is 32.1. The van der Waals surface area contributed by atoms with Crippen LogP contribution in [0.5, 0.6) is 0 Å². The molecule has 1 fully saturated rings. The van der Waals surface area contributed by atoms with Gasteiger partial charge in [0.2, 0.25) is 0 Å². The summed E-state index contributed by atoms with van der Waals surface area (Å²) in [6.07, 6.45) is 0. The third kappa shape index (κ3) is 2.33. The Morgan fingerprint density at radius 3 is 1.70 bits per heavy atom. The van der Waals surface area contributed by atoms with E-state index in [4.69, 9.17) is 12.2 Å². The summed E-state index contributed by atoms with van der Waals surface area (Å²) in [4.78, 5) is 12.1. The van der Waals surface area contributed by atoms with E-state index in [1.807, 2.05) is 60.7 Å². The second-order valence-electron chi connectivity index (χ2n) is 4.39. The minimum atomic E-state index is -0.197. The van der Waals surface area contributed by atoms with Crippen LogP contribution in [0.15, 0.2) is 66.4 Å². The lowest BCUT2D eigenvalue weighted by Crippen LogP contribution is -2.21. The van der Waals surface area contributed by atoms with Crippen molar-refractivity contribution in [2.24, 2.45) is 0 Å². The number of nitrogens with one attached hydrogen (secondary N) is 2. The fraction of sp³-hybridized carbons (Fsp3) is 0. The number of thiocarbonyl (C=S) groups is 1. The first-order chi connectivity index (χ1) is 9.75. The van der Waals surface area contributed by atoms with Gasteiger partial charge in [0.05, 0.1) is 0 Å². The van der Waals surface area contributed by atoms with Gasteiger partial charge in [0.1, 0.15) is 5.70 Å². The van der Waals surface area contributed by atoms with Gasteiger partial charge >= 0.3 is 0 Å². The zero-order valence-corrected chi connectivity index (χ0v) is 11.4. The van der Waals surface area contributed by atoms with Crippen molar-refractivity contribution in [3.05, 3.63) is 77.5 Å². The maximum Gasteiger partial charge on any atom is 0.274 e. The highest BCUT2D eigenvalue weighted by Gasteiger charge is 2.25. The molecule has 1 aliphatic heterocycles. The molecule has 2 aromatic carbocycles. The van der Waals surface area contributed by atoms with Crippen molar-refractivity contribution < 1.29 is 4.79 Å². The maximum absolute atomic E-state index is 12.1. The van der Waals surface area contributed by atoms with Gasteiger partial charge in [-0.3, -0.25) is 10.1 Å². The van der Waals surface area contributed by atoms with Crippen LogP contribution in [0.2, 0.25) is 0 Å². The van der Waals surface area contributed by atoms with Crippen LogP contribution in [0, 0.1) is 0 Å². The average Bonchev–Trinajstić information content (AvgIpc) is 2.80. The lowest BCUT2D eigenvalue weighted by molar-refractivity contribution is -0.115. The van der Waals surface area contributed by atoms with Gasteiger partial charge in [-0.1, -0.05) is 60.7 Å². The molecule has 2 aromatic rings. The number of hydrogen-bond donors (Lipinski definition) is 2. The van der Waals surface area contributed by atoms with Crippen molar-refractivity contribution in [2.75, 3.05) is 0 Å². The van der Waals surface area contributed by atoms with Gasteiger partial charge < -0.3 is 5.32 Å². The molecule has 1 amide bonds. The van der Waals surface area contributed by atoms with E-state index in [-0.39, 0.29) is 5.91 Å². The molecule has 2 N–H and O–H groups in total. The number of benzene rings is 2. The summed E-state index contributed by atoms with van der Waals surface area (Å²) in [5.41, 5.74) is 3.29. The number of carbonyl (C=O) groups excluding carboxylic acids is 1. The van der Waals surface area contributed by atoms with Gasteiger partial charge in [-0.15, -0.1) is 0 Å². The molecule has 0 aromatic heterocycles. The lowest BCUT2D eigenvalue weighted by atomic mass is 9.96. The Morgan fingerprint density at radius 2 is 1.30 bits per heavy atom. The maximum atomic E-state index is 12.1. The summed E-state index contributed by atoms with van der Waals surface area (Å²) < 4.78 is 0. The third-order valence-electron chi connectivity index (χ3n) is 3.07. The lowest BCUT2D eigenvalue weighted by Gasteiger charge is -2.11. The third-order valence-corrected chi connectivity index (χ3v) is 3.27. The van der Waals surface area contributed by atoms with Crippen molar-refractivity contribution >= 4 is 28.8 Å². The summed E-state index contributed by atoms with van der Waals surface area (Å²) in [7, 11) is 0. The van der Waals surface area contributed by atoms with Crippen molar-refractivity contribution in [1.82, 2.24) is 10.6 Å².